The van der Waals surface area contributed by atoms with Gasteiger partial charge < -0.3 is 4.74 Å². The van der Waals surface area contributed by atoms with Crippen molar-refractivity contribution >= 4 is 12.4 Å². The number of hydrogen-bond acceptors (Lipinski definition) is 2. The molecule has 0 amide bonds. The van der Waals surface area contributed by atoms with Gasteiger partial charge in [0.1, 0.15) is 6.23 Å². The molecule has 1 fully saturated rings. The van der Waals surface area contributed by atoms with Crippen LogP contribution in [0.4, 0.5) is 13.2 Å². The Labute approximate surface area is 81.2 Å². The Kier molecular flexibility index (Phi) is 5.02. The topological polar surface area (TPSA) is 21.3 Å². The van der Waals surface area contributed by atoms with Crippen LogP contribution in [0.5, 0.6) is 0 Å². The SMILES string of the molecule is CN[C@H]1CC[C@H](C(F)(F)F)CO1.Cl. The van der Waals surface area contributed by atoms with Crippen molar-refractivity contribution in [2.24, 2.45) is 5.92 Å². The molecule has 80 valence electrons. The quantitative estimate of drug-likeness (QED) is 0.728. The van der Waals surface area contributed by atoms with Crippen LogP contribution < -0.4 is 5.32 Å². The van der Waals surface area contributed by atoms with E-state index < -0.39 is 12.1 Å². The van der Waals surface area contributed by atoms with Crippen molar-refractivity contribution in [1.29, 1.82) is 0 Å². The van der Waals surface area contributed by atoms with Gasteiger partial charge in [-0.2, -0.15) is 13.2 Å². The van der Waals surface area contributed by atoms with Crippen molar-refractivity contribution < 1.29 is 17.9 Å². The minimum Gasteiger partial charge on any atom is -0.363 e. The van der Waals surface area contributed by atoms with E-state index in [0.29, 0.717) is 6.42 Å². The van der Waals surface area contributed by atoms with Crippen LogP contribution in [0.2, 0.25) is 0 Å². The van der Waals surface area contributed by atoms with Gasteiger partial charge in [-0.3, -0.25) is 5.32 Å². The van der Waals surface area contributed by atoms with Crippen LogP contribution in [-0.2, 0) is 4.74 Å². The molecule has 0 radical (unpaired) electrons. The van der Waals surface area contributed by atoms with E-state index in [0.717, 1.165) is 0 Å². The number of alkyl halides is 3. The lowest BCUT2D eigenvalue weighted by molar-refractivity contribution is -0.209. The smallest absolute Gasteiger partial charge is 0.363 e. The first kappa shape index (κ1) is 13.0. The molecule has 13 heavy (non-hydrogen) atoms. The fourth-order valence-electron chi connectivity index (χ4n) is 1.24. The van der Waals surface area contributed by atoms with Gasteiger partial charge >= 0.3 is 6.18 Å². The third kappa shape index (κ3) is 3.70. The lowest BCUT2D eigenvalue weighted by Gasteiger charge is -2.29. The second kappa shape index (κ2) is 5.02. The first-order chi connectivity index (χ1) is 5.54. The standard InChI is InChI=1S/C7H12F3NO.ClH/c1-11-6-3-2-5(4-12-6)7(8,9)10;/h5-6,11H,2-4H2,1H3;1H/t5-,6+;/m0./s1. The zero-order valence-electron chi connectivity index (χ0n) is 7.23. The molecule has 1 heterocycles. The summed E-state index contributed by atoms with van der Waals surface area (Å²) in [5.74, 6) is -1.28. The van der Waals surface area contributed by atoms with Gasteiger partial charge in [-0.15, -0.1) is 12.4 Å². The summed E-state index contributed by atoms with van der Waals surface area (Å²) >= 11 is 0. The maximum atomic E-state index is 12.1. The second-order valence-electron chi connectivity index (χ2n) is 2.93. The van der Waals surface area contributed by atoms with Gasteiger partial charge in [-0.25, -0.2) is 0 Å². The summed E-state index contributed by atoms with van der Waals surface area (Å²) in [6, 6.07) is 0. The summed E-state index contributed by atoms with van der Waals surface area (Å²) in [5.41, 5.74) is 0. The molecule has 0 aromatic rings. The minimum absolute atomic E-state index is 0. The molecule has 2 atom stereocenters. The highest BCUT2D eigenvalue weighted by Gasteiger charge is 2.41. The summed E-state index contributed by atoms with van der Waals surface area (Å²) in [5, 5.41) is 2.79. The molecular formula is C7H13ClF3NO. The molecule has 1 saturated heterocycles. The number of halogens is 4. The third-order valence-corrected chi connectivity index (χ3v) is 2.06. The van der Waals surface area contributed by atoms with E-state index in [1.54, 1.807) is 7.05 Å². The number of nitrogens with one attached hydrogen (secondary N) is 1. The van der Waals surface area contributed by atoms with E-state index in [-0.39, 0.29) is 31.7 Å². The molecule has 0 aromatic heterocycles. The van der Waals surface area contributed by atoms with Gasteiger partial charge in [-0.1, -0.05) is 0 Å². The molecule has 0 aliphatic carbocycles. The monoisotopic (exact) mass is 219 g/mol. The molecule has 0 saturated carbocycles. The van der Waals surface area contributed by atoms with E-state index in [1.807, 2.05) is 0 Å². The maximum absolute atomic E-state index is 12.1. The molecule has 0 spiro atoms. The van der Waals surface area contributed by atoms with Crippen LogP contribution in [0.25, 0.3) is 0 Å². The van der Waals surface area contributed by atoms with Gasteiger partial charge in [0.05, 0.1) is 12.5 Å². The Morgan fingerprint density at radius 2 is 1.92 bits per heavy atom. The fraction of sp³-hybridized carbons (Fsp3) is 1.00. The van der Waals surface area contributed by atoms with Crippen molar-refractivity contribution in [3.63, 3.8) is 0 Å². The summed E-state index contributed by atoms with van der Waals surface area (Å²) in [7, 11) is 1.68. The Morgan fingerprint density at radius 1 is 1.31 bits per heavy atom. The lowest BCUT2D eigenvalue weighted by atomic mass is 10.0. The molecular weight excluding hydrogens is 207 g/mol. The highest BCUT2D eigenvalue weighted by molar-refractivity contribution is 5.85. The zero-order valence-corrected chi connectivity index (χ0v) is 8.04. The van der Waals surface area contributed by atoms with Crippen molar-refractivity contribution in [1.82, 2.24) is 5.32 Å². The Hall–Kier alpha value is 0. The second-order valence-corrected chi connectivity index (χ2v) is 2.93. The van der Waals surface area contributed by atoms with Crippen molar-refractivity contribution in [2.75, 3.05) is 13.7 Å². The summed E-state index contributed by atoms with van der Waals surface area (Å²) in [4.78, 5) is 0. The first-order valence-corrected chi connectivity index (χ1v) is 3.89. The fourth-order valence-corrected chi connectivity index (χ4v) is 1.24. The predicted octanol–water partition coefficient (Wildman–Crippen LogP) is 1.94. The molecule has 1 N–H and O–H groups in total. The lowest BCUT2D eigenvalue weighted by Crippen LogP contribution is -2.40. The number of ether oxygens (including phenoxy) is 1. The summed E-state index contributed by atoms with van der Waals surface area (Å²) in [6.45, 7) is -0.213. The number of rotatable bonds is 1. The number of hydrogen-bond donors (Lipinski definition) is 1. The van der Waals surface area contributed by atoms with E-state index in [1.165, 1.54) is 0 Å². The summed E-state index contributed by atoms with van der Waals surface area (Å²) in [6.07, 6.45) is -3.71. The zero-order chi connectivity index (χ0) is 9.19. The van der Waals surface area contributed by atoms with Crippen LogP contribution in [-0.4, -0.2) is 26.1 Å². The molecule has 0 unspecified atom stereocenters. The Bertz CT molecular complexity index is 145. The van der Waals surface area contributed by atoms with Crippen LogP contribution in [0, 0.1) is 5.92 Å². The maximum Gasteiger partial charge on any atom is 0.394 e. The highest BCUT2D eigenvalue weighted by atomic mass is 35.5. The van der Waals surface area contributed by atoms with E-state index in [9.17, 15) is 13.2 Å². The predicted molar refractivity (Wildman–Crippen MR) is 44.8 cm³/mol. The van der Waals surface area contributed by atoms with Crippen molar-refractivity contribution in [3.8, 4) is 0 Å². The average molecular weight is 220 g/mol. The van der Waals surface area contributed by atoms with Crippen LogP contribution in [0.3, 0.4) is 0 Å². The molecule has 0 aromatic carbocycles. The van der Waals surface area contributed by atoms with Gasteiger partial charge in [0.2, 0.25) is 0 Å². The van der Waals surface area contributed by atoms with E-state index >= 15 is 0 Å². The Balaban J connectivity index is 0.00000144. The largest absolute Gasteiger partial charge is 0.394 e. The first-order valence-electron chi connectivity index (χ1n) is 3.89. The third-order valence-electron chi connectivity index (χ3n) is 2.06. The molecule has 1 aliphatic rings. The molecule has 2 nitrogen and oxygen atoms in total. The molecule has 1 rings (SSSR count). The molecule has 6 heteroatoms. The highest BCUT2D eigenvalue weighted by Crippen LogP contribution is 2.33. The van der Waals surface area contributed by atoms with Crippen LogP contribution >= 0.6 is 12.4 Å². The van der Waals surface area contributed by atoms with E-state index in [4.69, 9.17) is 4.74 Å². The normalized spacial score (nSPS) is 29.5. The Morgan fingerprint density at radius 3 is 2.23 bits per heavy atom. The molecule has 0 bridgehead atoms. The van der Waals surface area contributed by atoms with Crippen LogP contribution in [0.1, 0.15) is 12.8 Å². The van der Waals surface area contributed by atoms with Gasteiger partial charge in [0.25, 0.3) is 0 Å². The molecule has 1 aliphatic heterocycles. The van der Waals surface area contributed by atoms with Crippen molar-refractivity contribution in [2.45, 2.75) is 25.2 Å². The summed E-state index contributed by atoms with van der Waals surface area (Å²) < 4.78 is 41.2. The van der Waals surface area contributed by atoms with Gasteiger partial charge in [0, 0.05) is 0 Å². The van der Waals surface area contributed by atoms with E-state index in [2.05, 4.69) is 5.32 Å². The van der Waals surface area contributed by atoms with Gasteiger partial charge in [-0.05, 0) is 19.9 Å². The van der Waals surface area contributed by atoms with Gasteiger partial charge in [0.15, 0.2) is 0 Å². The van der Waals surface area contributed by atoms with Crippen LogP contribution in [0.15, 0.2) is 0 Å². The minimum atomic E-state index is -4.10. The average Bonchev–Trinajstić information content (AvgIpc) is 2.03. The van der Waals surface area contributed by atoms with Crippen molar-refractivity contribution in [3.05, 3.63) is 0 Å².